The molecular weight excluding hydrogens is 272 g/mol. The average Bonchev–Trinajstić information content (AvgIpc) is 2.35. The first-order valence-electron chi connectivity index (χ1n) is 6.34. The van der Waals surface area contributed by atoms with Gasteiger partial charge in [-0.25, -0.2) is 0 Å². The molecule has 0 aliphatic carbocycles. The van der Waals surface area contributed by atoms with Crippen LogP contribution in [0.4, 0.5) is 0 Å². The molecule has 0 unspecified atom stereocenters. The maximum Gasteiger partial charge on any atom is 0.323 e. The van der Waals surface area contributed by atoms with Gasteiger partial charge in [-0.2, -0.15) is 0 Å². The van der Waals surface area contributed by atoms with Gasteiger partial charge >= 0.3 is 5.97 Å². The summed E-state index contributed by atoms with van der Waals surface area (Å²) in [5, 5.41) is 8.74. The highest BCUT2D eigenvalue weighted by Gasteiger charge is 2.16. The number of carbonyl (C=O) groups excluding carboxylic acids is 2. The summed E-state index contributed by atoms with van der Waals surface area (Å²) in [4.78, 5) is 34.4. The third-order valence-electron chi connectivity index (χ3n) is 2.82. The molecule has 1 aromatic rings. The Labute approximate surface area is 122 Å². The zero-order valence-electron chi connectivity index (χ0n) is 12.0. The number of nitrogens with two attached hydrogens (primary N) is 1. The third-order valence-corrected chi connectivity index (χ3v) is 2.82. The van der Waals surface area contributed by atoms with Gasteiger partial charge in [-0.15, -0.1) is 0 Å². The molecular formula is C15H18N2O4. The number of primary amides is 1. The van der Waals surface area contributed by atoms with E-state index in [0.29, 0.717) is 0 Å². The summed E-state index contributed by atoms with van der Waals surface area (Å²) in [6.07, 6.45) is 2.83. The SMILES string of the molecule is Cc1ccc(/C=C/C(=O)N(CC(N)=O)CC(=O)O)c(C)c1. The number of amides is 2. The molecule has 1 aromatic carbocycles. The van der Waals surface area contributed by atoms with Crippen LogP contribution in [0.25, 0.3) is 6.08 Å². The Kier molecular flexibility index (Phi) is 5.66. The first-order valence-corrected chi connectivity index (χ1v) is 6.34. The van der Waals surface area contributed by atoms with Gasteiger partial charge in [0, 0.05) is 6.08 Å². The van der Waals surface area contributed by atoms with E-state index < -0.39 is 30.9 Å². The third kappa shape index (κ3) is 5.48. The number of hydrogen-bond donors (Lipinski definition) is 2. The van der Waals surface area contributed by atoms with Crippen molar-refractivity contribution in [2.24, 2.45) is 5.73 Å². The number of carboxylic acid groups (broad SMARTS) is 1. The monoisotopic (exact) mass is 290 g/mol. The molecule has 3 N–H and O–H groups in total. The summed E-state index contributed by atoms with van der Waals surface area (Å²) in [6, 6.07) is 5.75. The Morgan fingerprint density at radius 3 is 2.43 bits per heavy atom. The molecule has 0 saturated heterocycles. The van der Waals surface area contributed by atoms with Gasteiger partial charge in [0.1, 0.15) is 13.1 Å². The topological polar surface area (TPSA) is 101 Å². The fourth-order valence-corrected chi connectivity index (χ4v) is 1.84. The van der Waals surface area contributed by atoms with Gasteiger partial charge in [0.2, 0.25) is 11.8 Å². The van der Waals surface area contributed by atoms with Crippen LogP contribution in [0.1, 0.15) is 16.7 Å². The molecule has 0 heterocycles. The zero-order valence-corrected chi connectivity index (χ0v) is 12.0. The van der Waals surface area contributed by atoms with Gasteiger partial charge in [-0.05, 0) is 31.1 Å². The van der Waals surface area contributed by atoms with E-state index in [0.717, 1.165) is 21.6 Å². The number of nitrogens with zero attached hydrogens (tertiary/aromatic N) is 1. The normalized spacial score (nSPS) is 10.6. The fourth-order valence-electron chi connectivity index (χ4n) is 1.84. The number of hydrogen-bond acceptors (Lipinski definition) is 3. The Hall–Kier alpha value is -2.63. The zero-order chi connectivity index (χ0) is 16.0. The second-order valence-electron chi connectivity index (χ2n) is 4.75. The Morgan fingerprint density at radius 2 is 1.90 bits per heavy atom. The Morgan fingerprint density at radius 1 is 1.24 bits per heavy atom. The summed E-state index contributed by atoms with van der Waals surface area (Å²) >= 11 is 0. The number of aliphatic carboxylic acids is 1. The number of aryl methyl sites for hydroxylation is 2. The van der Waals surface area contributed by atoms with Gasteiger partial charge in [0.25, 0.3) is 0 Å². The fraction of sp³-hybridized carbons (Fsp3) is 0.267. The summed E-state index contributed by atoms with van der Waals surface area (Å²) in [5.41, 5.74) is 7.96. The van der Waals surface area contributed by atoms with Gasteiger partial charge in [0.05, 0.1) is 0 Å². The van der Waals surface area contributed by atoms with E-state index >= 15 is 0 Å². The van der Waals surface area contributed by atoms with E-state index in [1.54, 1.807) is 6.08 Å². The first kappa shape index (κ1) is 16.4. The molecule has 0 aliphatic rings. The van der Waals surface area contributed by atoms with Crippen molar-refractivity contribution in [2.75, 3.05) is 13.1 Å². The number of rotatable bonds is 6. The van der Waals surface area contributed by atoms with E-state index in [9.17, 15) is 14.4 Å². The number of carboxylic acids is 1. The summed E-state index contributed by atoms with van der Waals surface area (Å²) < 4.78 is 0. The Balaban J connectivity index is 2.86. The summed E-state index contributed by atoms with van der Waals surface area (Å²) in [5.74, 6) is -2.54. The second kappa shape index (κ2) is 7.23. The molecule has 0 bridgehead atoms. The molecule has 0 radical (unpaired) electrons. The highest BCUT2D eigenvalue weighted by molar-refractivity contribution is 5.96. The lowest BCUT2D eigenvalue weighted by molar-refractivity contribution is -0.143. The molecule has 6 heteroatoms. The highest BCUT2D eigenvalue weighted by Crippen LogP contribution is 2.12. The molecule has 6 nitrogen and oxygen atoms in total. The van der Waals surface area contributed by atoms with E-state index in [1.807, 2.05) is 32.0 Å². The molecule has 0 atom stereocenters. The quantitative estimate of drug-likeness (QED) is 0.754. The minimum Gasteiger partial charge on any atom is -0.480 e. The van der Waals surface area contributed by atoms with Crippen LogP contribution in [0.2, 0.25) is 0 Å². The van der Waals surface area contributed by atoms with Crippen molar-refractivity contribution >= 4 is 23.9 Å². The smallest absolute Gasteiger partial charge is 0.323 e. The maximum atomic E-state index is 11.9. The summed E-state index contributed by atoms with van der Waals surface area (Å²) in [6.45, 7) is 2.88. The average molecular weight is 290 g/mol. The van der Waals surface area contributed by atoms with Gasteiger partial charge in [-0.1, -0.05) is 23.8 Å². The summed E-state index contributed by atoms with van der Waals surface area (Å²) in [7, 11) is 0. The first-order chi connectivity index (χ1) is 9.79. The van der Waals surface area contributed by atoms with E-state index in [4.69, 9.17) is 10.8 Å². The second-order valence-corrected chi connectivity index (χ2v) is 4.75. The minimum atomic E-state index is -1.20. The molecule has 112 valence electrons. The molecule has 0 aliphatic heterocycles. The molecule has 0 saturated carbocycles. The van der Waals surface area contributed by atoms with Crippen LogP contribution in [-0.2, 0) is 14.4 Å². The number of carbonyl (C=O) groups is 3. The van der Waals surface area contributed by atoms with Gasteiger partial charge < -0.3 is 15.7 Å². The molecule has 1 rings (SSSR count). The predicted octanol–water partition coefficient (Wildman–Crippen LogP) is 0.715. The standard InChI is InChI=1S/C15H18N2O4/c1-10-3-4-12(11(2)7-10)5-6-14(19)17(8-13(16)18)9-15(20)21/h3-7H,8-9H2,1-2H3,(H2,16,18)(H,20,21)/b6-5+. The van der Waals surface area contributed by atoms with Crippen LogP contribution in [0.5, 0.6) is 0 Å². The van der Waals surface area contributed by atoms with Crippen LogP contribution in [0.15, 0.2) is 24.3 Å². The van der Waals surface area contributed by atoms with Gasteiger partial charge in [-0.3, -0.25) is 14.4 Å². The van der Waals surface area contributed by atoms with Crippen molar-refractivity contribution < 1.29 is 19.5 Å². The van der Waals surface area contributed by atoms with Crippen molar-refractivity contribution in [3.8, 4) is 0 Å². The predicted molar refractivity (Wildman–Crippen MR) is 78.4 cm³/mol. The van der Waals surface area contributed by atoms with E-state index in [-0.39, 0.29) is 0 Å². The lowest BCUT2D eigenvalue weighted by Crippen LogP contribution is -2.40. The maximum absolute atomic E-state index is 11.9. The lowest BCUT2D eigenvalue weighted by Gasteiger charge is -2.16. The largest absolute Gasteiger partial charge is 0.480 e. The van der Waals surface area contributed by atoms with Crippen molar-refractivity contribution in [2.45, 2.75) is 13.8 Å². The highest BCUT2D eigenvalue weighted by atomic mass is 16.4. The molecule has 0 fully saturated rings. The van der Waals surface area contributed by atoms with Crippen molar-refractivity contribution in [1.29, 1.82) is 0 Å². The van der Waals surface area contributed by atoms with Crippen LogP contribution in [0, 0.1) is 13.8 Å². The number of benzene rings is 1. The lowest BCUT2D eigenvalue weighted by atomic mass is 10.1. The minimum absolute atomic E-state index is 0.428. The van der Waals surface area contributed by atoms with Crippen LogP contribution < -0.4 is 5.73 Å². The van der Waals surface area contributed by atoms with Crippen LogP contribution in [-0.4, -0.2) is 40.9 Å². The van der Waals surface area contributed by atoms with Crippen LogP contribution in [0.3, 0.4) is 0 Å². The van der Waals surface area contributed by atoms with E-state index in [2.05, 4.69) is 0 Å². The molecule has 21 heavy (non-hydrogen) atoms. The Bertz CT molecular complexity index is 577. The van der Waals surface area contributed by atoms with Crippen molar-refractivity contribution in [3.63, 3.8) is 0 Å². The molecule has 0 aromatic heterocycles. The molecule has 2 amide bonds. The van der Waals surface area contributed by atoms with E-state index in [1.165, 1.54) is 6.08 Å². The van der Waals surface area contributed by atoms with Crippen LogP contribution >= 0.6 is 0 Å². The van der Waals surface area contributed by atoms with Gasteiger partial charge in [0.15, 0.2) is 0 Å². The van der Waals surface area contributed by atoms with Crippen molar-refractivity contribution in [1.82, 2.24) is 4.90 Å². The molecule has 0 spiro atoms. The van der Waals surface area contributed by atoms with Crippen molar-refractivity contribution in [3.05, 3.63) is 41.0 Å².